The second kappa shape index (κ2) is 6.27. The standard InChI is InChI=1S/C11H12O2S/c1-10(12)13-8-5-9-14-11-6-3-2-4-7-11/h2-7,9H,8H2,1H3/b9-5-. The van der Waals surface area contributed by atoms with E-state index in [0.717, 1.165) is 0 Å². The molecule has 0 radical (unpaired) electrons. The monoisotopic (exact) mass is 208 g/mol. The number of carbonyl (C=O) groups excluding carboxylic acids is 1. The van der Waals surface area contributed by atoms with E-state index in [1.165, 1.54) is 11.8 Å². The van der Waals surface area contributed by atoms with E-state index in [1.54, 1.807) is 11.8 Å². The van der Waals surface area contributed by atoms with Crippen molar-refractivity contribution in [1.82, 2.24) is 0 Å². The highest BCUT2D eigenvalue weighted by Gasteiger charge is 1.88. The lowest BCUT2D eigenvalue weighted by Crippen LogP contribution is -1.96. The van der Waals surface area contributed by atoms with Crippen molar-refractivity contribution in [2.24, 2.45) is 0 Å². The summed E-state index contributed by atoms with van der Waals surface area (Å²) in [5, 5.41) is 1.91. The average Bonchev–Trinajstić information content (AvgIpc) is 2.18. The van der Waals surface area contributed by atoms with E-state index in [4.69, 9.17) is 4.74 Å². The molecular formula is C11H12O2S. The SMILES string of the molecule is CC(=O)OC/C=C\Sc1ccccc1. The number of hydrogen-bond acceptors (Lipinski definition) is 3. The third-order valence-electron chi connectivity index (χ3n) is 1.43. The van der Waals surface area contributed by atoms with Gasteiger partial charge in [-0.3, -0.25) is 4.79 Å². The summed E-state index contributed by atoms with van der Waals surface area (Å²) in [6.45, 7) is 1.74. The lowest BCUT2D eigenvalue weighted by molar-refractivity contribution is -0.139. The molecule has 0 aliphatic carbocycles. The molecule has 0 bridgehead atoms. The highest BCUT2D eigenvalue weighted by atomic mass is 32.2. The predicted octanol–water partition coefficient (Wildman–Crippen LogP) is 2.86. The van der Waals surface area contributed by atoms with Crippen LogP contribution in [0.1, 0.15) is 6.92 Å². The molecule has 0 aliphatic heterocycles. The summed E-state index contributed by atoms with van der Waals surface area (Å²) in [6, 6.07) is 10.0. The van der Waals surface area contributed by atoms with Gasteiger partial charge >= 0.3 is 5.97 Å². The molecule has 1 aromatic rings. The van der Waals surface area contributed by atoms with Gasteiger partial charge in [-0.25, -0.2) is 0 Å². The highest BCUT2D eigenvalue weighted by molar-refractivity contribution is 8.02. The number of rotatable bonds is 4. The fraction of sp³-hybridized carbons (Fsp3) is 0.182. The Morgan fingerprint density at radius 1 is 1.43 bits per heavy atom. The molecule has 1 aromatic carbocycles. The number of benzene rings is 1. The molecule has 0 saturated heterocycles. The molecule has 0 saturated carbocycles. The molecule has 0 atom stereocenters. The fourth-order valence-electron chi connectivity index (χ4n) is 0.830. The molecule has 0 aliphatic rings. The Hall–Kier alpha value is -1.22. The summed E-state index contributed by atoms with van der Waals surface area (Å²) < 4.78 is 4.74. The first-order valence-electron chi connectivity index (χ1n) is 4.29. The van der Waals surface area contributed by atoms with E-state index in [9.17, 15) is 4.79 Å². The molecule has 3 heteroatoms. The number of carbonyl (C=O) groups is 1. The van der Waals surface area contributed by atoms with Crippen LogP contribution >= 0.6 is 11.8 Å². The first kappa shape index (κ1) is 10.9. The molecule has 0 heterocycles. The molecule has 1 rings (SSSR count). The Morgan fingerprint density at radius 3 is 2.79 bits per heavy atom. The van der Waals surface area contributed by atoms with Crippen LogP contribution in [0.4, 0.5) is 0 Å². The Kier molecular flexibility index (Phi) is 4.86. The zero-order valence-electron chi connectivity index (χ0n) is 7.97. The molecule has 0 aromatic heterocycles. The van der Waals surface area contributed by atoms with Gasteiger partial charge in [-0.05, 0) is 23.6 Å². The summed E-state index contributed by atoms with van der Waals surface area (Å²) >= 11 is 1.60. The normalized spacial score (nSPS) is 10.4. The van der Waals surface area contributed by atoms with Crippen LogP contribution in [0.25, 0.3) is 0 Å². The van der Waals surface area contributed by atoms with E-state index >= 15 is 0 Å². The zero-order valence-corrected chi connectivity index (χ0v) is 8.79. The van der Waals surface area contributed by atoms with Crippen LogP contribution in [-0.2, 0) is 9.53 Å². The molecule has 0 amide bonds. The van der Waals surface area contributed by atoms with Crippen LogP contribution in [0, 0.1) is 0 Å². The van der Waals surface area contributed by atoms with E-state index < -0.39 is 0 Å². The van der Waals surface area contributed by atoms with E-state index in [-0.39, 0.29) is 5.97 Å². The van der Waals surface area contributed by atoms with Crippen LogP contribution in [0.5, 0.6) is 0 Å². The summed E-state index contributed by atoms with van der Waals surface area (Å²) in [5.41, 5.74) is 0. The van der Waals surface area contributed by atoms with Gasteiger partial charge in [0.25, 0.3) is 0 Å². The Morgan fingerprint density at radius 2 is 2.14 bits per heavy atom. The van der Waals surface area contributed by atoms with Crippen molar-refractivity contribution in [1.29, 1.82) is 0 Å². The molecular weight excluding hydrogens is 196 g/mol. The third kappa shape index (κ3) is 4.72. The summed E-state index contributed by atoms with van der Waals surface area (Å²) in [7, 11) is 0. The van der Waals surface area contributed by atoms with E-state index in [2.05, 4.69) is 0 Å². The Bertz CT molecular complexity index is 306. The lowest BCUT2D eigenvalue weighted by atomic mass is 10.4. The second-order valence-corrected chi connectivity index (χ2v) is 3.58. The van der Waals surface area contributed by atoms with Crippen LogP contribution in [0.15, 0.2) is 46.7 Å². The Balaban J connectivity index is 2.24. The van der Waals surface area contributed by atoms with Gasteiger partial charge in [-0.1, -0.05) is 30.0 Å². The molecule has 0 fully saturated rings. The molecule has 0 spiro atoms. The van der Waals surface area contributed by atoms with Crippen molar-refractivity contribution in [2.45, 2.75) is 11.8 Å². The van der Waals surface area contributed by atoms with E-state index in [1.807, 2.05) is 41.8 Å². The fourth-order valence-corrected chi connectivity index (χ4v) is 1.48. The molecule has 74 valence electrons. The quantitative estimate of drug-likeness (QED) is 0.562. The largest absolute Gasteiger partial charge is 0.462 e. The predicted molar refractivity (Wildman–Crippen MR) is 58.1 cm³/mol. The molecule has 0 N–H and O–H groups in total. The molecule has 2 nitrogen and oxygen atoms in total. The van der Waals surface area contributed by atoms with Gasteiger partial charge in [-0.15, -0.1) is 0 Å². The van der Waals surface area contributed by atoms with Gasteiger partial charge in [0, 0.05) is 11.8 Å². The van der Waals surface area contributed by atoms with E-state index in [0.29, 0.717) is 6.61 Å². The smallest absolute Gasteiger partial charge is 0.302 e. The summed E-state index contributed by atoms with van der Waals surface area (Å²) in [4.78, 5) is 11.6. The summed E-state index contributed by atoms with van der Waals surface area (Å²) in [5.74, 6) is -0.251. The maximum absolute atomic E-state index is 10.4. The van der Waals surface area contributed by atoms with Crippen molar-refractivity contribution in [3.63, 3.8) is 0 Å². The van der Waals surface area contributed by atoms with Gasteiger partial charge in [0.2, 0.25) is 0 Å². The average molecular weight is 208 g/mol. The van der Waals surface area contributed by atoms with Gasteiger partial charge in [-0.2, -0.15) is 0 Å². The lowest BCUT2D eigenvalue weighted by Gasteiger charge is -1.95. The van der Waals surface area contributed by atoms with Crippen LogP contribution in [-0.4, -0.2) is 12.6 Å². The topological polar surface area (TPSA) is 26.3 Å². The van der Waals surface area contributed by atoms with Gasteiger partial charge in [0.05, 0.1) is 0 Å². The third-order valence-corrected chi connectivity index (χ3v) is 2.30. The Labute approximate surface area is 88.0 Å². The number of hydrogen-bond donors (Lipinski definition) is 0. The number of ether oxygens (including phenoxy) is 1. The van der Waals surface area contributed by atoms with Crippen molar-refractivity contribution in [3.05, 3.63) is 41.8 Å². The first-order chi connectivity index (χ1) is 6.79. The maximum Gasteiger partial charge on any atom is 0.302 e. The number of esters is 1. The maximum atomic E-state index is 10.4. The molecule has 0 unspecified atom stereocenters. The first-order valence-corrected chi connectivity index (χ1v) is 5.17. The van der Waals surface area contributed by atoms with Crippen LogP contribution in [0.2, 0.25) is 0 Å². The van der Waals surface area contributed by atoms with Crippen molar-refractivity contribution in [3.8, 4) is 0 Å². The second-order valence-electron chi connectivity index (χ2n) is 2.61. The van der Waals surface area contributed by atoms with Gasteiger partial charge in [0.1, 0.15) is 6.61 Å². The van der Waals surface area contributed by atoms with Gasteiger partial charge in [0.15, 0.2) is 0 Å². The zero-order chi connectivity index (χ0) is 10.2. The minimum absolute atomic E-state index is 0.251. The highest BCUT2D eigenvalue weighted by Crippen LogP contribution is 2.17. The van der Waals surface area contributed by atoms with Crippen LogP contribution in [0.3, 0.4) is 0 Å². The molecule has 14 heavy (non-hydrogen) atoms. The van der Waals surface area contributed by atoms with Crippen molar-refractivity contribution >= 4 is 17.7 Å². The minimum Gasteiger partial charge on any atom is -0.462 e. The van der Waals surface area contributed by atoms with Crippen LogP contribution < -0.4 is 0 Å². The number of thioether (sulfide) groups is 1. The van der Waals surface area contributed by atoms with Crippen molar-refractivity contribution < 1.29 is 9.53 Å². The minimum atomic E-state index is -0.251. The van der Waals surface area contributed by atoms with Crippen molar-refractivity contribution in [2.75, 3.05) is 6.61 Å². The summed E-state index contributed by atoms with van der Waals surface area (Å²) in [6.07, 6.45) is 1.82. The van der Waals surface area contributed by atoms with Gasteiger partial charge < -0.3 is 4.74 Å².